The number of hydrogen-bond acceptors (Lipinski definition) is 6. The SMILES string of the molecule is CC1(C)NCCC1c1nc(CC2COc3ccccc3O2)no1. The molecule has 23 heavy (non-hydrogen) atoms. The Morgan fingerprint density at radius 2 is 2.09 bits per heavy atom. The maximum absolute atomic E-state index is 5.95. The molecule has 1 fully saturated rings. The van der Waals surface area contributed by atoms with E-state index in [9.17, 15) is 0 Å². The minimum absolute atomic E-state index is 0.00675. The van der Waals surface area contributed by atoms with Gasteiger partial charge in [-0.15, -0.1) is 0 Å². The highest BCUT2D eigenvalue weighted by atomic mass is 16.6. The third-order valence-electron chi connectivity index (χ3n) is 4.64. The van der Waals surface area contributed by atoms with Gasteiger partial charge in [-0.3, -0.25) is 0 Å². The minimum Gasteiger partial charge on any atom is -0.486 e. The van der Waals surface area contributed by atoms with E-state index in [0.29, 0.717) is 24.7 Å². The molecule has 0 saturated carbocycles. The lowest BCUT2D eigenvalue weighted by molar-refractivity contribution is 0.0894. The lowest BCUT2D eigenvalue weighted by Crippen LogP contribution is -2.37. The van der Waals surface area contributed by atoms with E-state index < -0.39 is 0 Å². The summed E-state index contributed by atoms with van der Waals surface area (Å²) in [6.07, 6.45) is 1.51. The minimum atomic E-state index is -0.0925. The van der Waals surface area contributed by atoms with Crippen LogP contribution in [-0.2, 0) is 6.42 Å². The molecule has 0 radical (unpaired) electrons. The fourth-order valence-electron chi connectivity index (χ4n) is 3.31. The molecule has 0 amide bonds. The predicted octanol–water partition coefficient (Wildman–Crippen LogP) is 2.31. The van der Waals surface area contributed by atoms with Gasteiger partial charge in [-0.05, 0) is 38.9 Å². The smallest absolute Gasteiger partial charge is 0.231 e. The number of ether oxygens (including phenoxy) is 2. The van der Waals surface area contributed by atoms with Crippen LogP contribution in [0.1, 0.15) is 37.9 Å². The first kappa shape index (κ1) is 14.5. The summed E-state index contributed by atoms with van der Waals surface area (Å²) >= 11 is 0. The molecular weight excluding hydrogens is 294 g/mol. The van der Waals surface area contributed by atoms with Crippen LogP contribution >= 0.6 is 0 Å². The number of aromatic nitrogens is 2. The Balaban J connectivity index is 1.45. The van der Waals surface area contributed by atoms with Crippen LogP contribution in [0.25, 0.3) is 0 Å². The molecule has 4 rings (SSSR count). The summed E-state index contributed by atoms with van der Waals surface area (Å²) in [7, 11) is 0. The monoisotopic (exact) mass is 315 g/mol. The number of benzene rings is 1. The molecule has 1 aromatic carbocycles. The second-order valence-corrected chi connectivity index (χ2v) is 6.74. The predicted molar refractivity (Wildman–Crippen MR) is 83.8 cm³/mol. The number of fused-ring (bicyclic) bond motifs is 1. The molecular formula is C17H21N3O3. The van der Waals surface area contributed by atoms with E-state index in [1.165, 1.54) is 0 Å². The van der Waals surface area contributed by atoms with E-state index in [0.717, 1.165) is 24.5 Å². The molecule has 3 heterocycles. The third kappa shape index (κ3) is 2.79. The summed E-state index contributed by atoms with van der Waals surface area (Å²) in [4.78, 5) is 4.58. The fraction of sp³-hybridized carbons (Fsp3) is 0.529. The van der Waals surface area contributed by atoms with E-state index in [4.69, 9.17) is 14.0 Å². The fourth-order valence-corrected chi connectivity index (χ4v) is 3.31. The zero-order chi connectivity index (χ0) is 15.9. The lowest BCUT2D eigenvalue weighted by Gasteiger charge is -2.25. The second-order valence-electron chi connectivity index (χ2n) is 6.74. The molecule has 122 valence electrons. The number of nitrogens with one attached hydrogen (secondary N) is 1. The largest absolute Gasteiger partial charge is 0.486 e. The highest BCUT2D eigenvalue weighted by Crippen LogP contribution is 2.35. The first-order valence-corrected chi connectivity index (χ1v) is 8.08. The molecule has 6 nitrogen and oxygen atoms in total. The Hall–Kier alpha value is -2.08. The van der Waals surface area contributed by atoms with E-state index >= 15 is 0 Å². The van der Waals surface area contributed by atoms with E-state index in [-0.39, 0.29) is 17.6 Å². The summed E-state index contributed by atoms with van der Waals surface area (Å²) < 4.78 is 17.2. The van der Waals surface area contributed by atoms with Crippen molar-refractivity contribution in [1.82, 2.24) is 15.5 Å². The second kappa shape index (κ2) is 5.53. The Bertz CT molecular complexity index is 698. The normalized spacial score (nSPS) is 25.5. The molecule has 6 heteroatoms. The third-order valence-corrected chi connectivity index (χ3v) is 4.64. The number of hydrogen-bond donors (Lipinski definition) is 1. The van der Waals surface area contributed by atoms with Gasteiger partial charge in [0.05, 0.1) is 12.3 Å². The maximum Gasteiger partial charge on any atom is 0.231 e. The van der Waals surface area contributed by atoms with Crippen LogP contribution in [0.2, 0.25) is 0 Å². The Morgan fingerprint density at radius 3 is 2.87 bits per heavy atom. The molecule has 2 aromatic rings. The Kier molecular flexibility index (Phi) is 3.49. The van der Waals surface area contributed by atoms with Gasteiger partial charge >= 0.3 is 0 Å². The van der Waals surface area contributed by atoms with Crippen LogP contribution < -0.4 is 14.8 Å². The molecule has 2 aliphatic heterocycles. The molecule has 0 bridgehead atoms. The zero-order valence-electron chi connectivity index (χ0n) is 13.4. The van der Waals surface area contributed by atoms with Gasteiger partial charge in [0.1, 0.15) is 12.7 Å². The van der Waals surface area contributed by atoms with Gasteiger partial charge in [0.15, 0.2) is 17.3 Å². The van der Waals surface area contributed by atoms with Crippen LogP contribution in [0, 0.1) is 0 Å². The van der Waals surface area contributed by atoms with Crippen molar-refractivity contribution in [1.29, 1.82) is 0 Å². The lowest BCUT2D eigenvalue weighted by atomic mass is 9.89. The van der Waals surface area contributed by atoms with Crippen LogP contribution in [-0.4, -0.2) is 34.9 Å². The van der Waals surface area contributed by atoms with Gasteiger partial charge in [0.2, 0.25) is 5.89 Å². The summed E-state index contributed by atoms with van der Waals surface area (Å²) in [5.41, 5.74) is -0.00675. The van der Waals surface area contributed by atoms with Gasteiger partial charge in [-0.25, -0.2) is 0 Å². The van der Waals surface area contributed by atoms with Crippen molar-refractivity contribution in [3.05, 3.63) is 36.0 Å². The highest BCUT2D eigenvalue weighted by molar-refractivity contribution is 5.40. The van der Waals surface area contributed by atoms with Gasteiger partial charge in [0, 0.05) is 5.54 Å². The molecule has 1 saturated heterocycles. The van der Waals surface area contributed by atoms with Crippen molar-refractivity contribution in [3.8, 4) is 11.5 Å². The Morgan fingerprint density at radius 1 is 1.26 bits per heavy atom. The molecule has 1 N–H and O–H groups in total. The number of para-hydroxylation sites is 2. The zero-order valence-corrected chi connectivity index (χ0v) is 13.4. The van der Waals surface area contributed by atoms with Gasteiger partial charge in [-0.1, -0.05) is 17.3 Å². The summed E-state index contributed by atoms with van der Waals surface area (Å²) in [6.45, 7) is 5.82. The topological polar surface area (TPSA) is 69.4 Å². The molecule has 2 unspecified atom stereocenters. The van der Waals surface area contributed by atoms with Crippen LogP contribution in [0.15, 0.2) is 28.8 Å². The average molecular weight is 315 g/mol. The van der Waals surface area contributed by atoms with Crippen LogP contribution in [0.4, 0.5) is 0 Å². The van der Waals surface area contributed by atoms with E-state index in [1.54, 1.807) is 0 Å². The molecule has 2 atom stereocenters. The van der Waals surface area contributed by atoms with Crippen molar-refractivity contribution in [2.75, 3.05) is 13.2 Å². The van der Waals surface area contributed by atoms with Crippen molar-refractivity contribution >= 4 is 0 Å². The van der Waals surface area contributed by atoms with Gasteiger partial charge < -0.3 is 19.3 Å². The van der Waals surface area contributed by atoms with Crippen LogP contribution in [0.3, 0.4) is 0 Å². The first-order chi connectivity index (χ1) is 11.1. The standard InChI is InChI=1S/C17H21N3O3/c1-17(2)12(7-8-18-17)16-19-15(20-23-16)9-11-10-21-13-5-3-4-6-14(13)22-11/h3-6,11-12,18H,7-10H2,1-2H3. The summed E-state index contributed by atoms with van der Waals surface area (Å²) in [5.74, 6) is 3.21. The molecule has 1 aromatic heterocycles. The van der Waals surface area contributed by atoms with Crippen molar-refractivity contribution < 1.29 is 14.0 Å². The summed E-state index contributed by atoms with van der Waals surface area (Å²) in [5, 5.41) is 7.60. The van der Waals surface area contributed by atoms with Gasteiger partial charge in [0.25, 0.3) is 0 Å². The van der Waals surface area contributed by atoms with E-state index in [2.05, 4.69) is 29.3 Å². The average Bonchev–Trinajstić information content (AvgIpc) is 3.13. The van der Waals surface area contributed by atoms with Crippen molar-refractivity contribution in [2.45, 2.75) is 44.2 Å². The quantitative estimate of drug-likeness (QED) is 0.937. The number of nitrogens with zero attached hydrogens (tertiary/aromatic N) is 2. The van der Waals surface area contributed by atoms with Crippen molar-refractivity contribution in [2.24, 2.45) is 0 Å². The van der Waals surface area contributed by atoms with Gasteiger partial charge in [-0.2, -0.15) is 4.98 Å². The summed E-state index contributed by atoms with van der Waals surface area (Å²) in [6, 6.07) is 7.70. The molecule has 0 aliphatic carbocycles. The highest BCUT2D eigenvalue weighted by Gasteiger charge is 2.39. The molecule has 0 spiro atoms. The molecule has 2 aliphatic rings. The van der Waals surface area contributed by atoms with Crippen LogP contribution in [0.5, 0.6) is 11.5 Å². The maximum atomic E-state index is 5.95. The Labute approximate surface area is 135 Å². The first-order valence-electron chi connectivity index (χ1n) is 8.08. The van der Waals surface area contributed by atoms with E-state index in [1.807, 2.05) is 24.3 Å². The van der Waals surface area contributed by atoms with Crippen molar-refractivity contribution in [3.63, 3.8) is 0 Å². The number of rotatable bonds is 3.